The largest absolute Gasteiger partial charge is 0.372 e. The average molecular weight is 606 g/mol. The van der Waals surface area contributed by atoms with Gasteiger partial charge >= 0.3 is 6.03 Å². The number of hydrogen-bond acceptors (Lipinski definition) is 6. The van der Waals surface area contributed by atoms with Crippen LogP contribution in [0.4, 0.5) is 4.79 Å². The number of nitrogens with zero attached hydrogens (tertiary/aromatic N) is 5. The lowest BCUT2D eigenvalue weighted by Gasteiger charge is -2.40. The molecular formula is C32H40ClN7O3. The molecule has 0 spiro atoms. The van der Waals surface area contributed by atoms with Crippen LogP contribution >= 0.6 is 11.6 Å². The molecule has 1 fully saturated rings. The van der Waals surface area contributed by atoms with Crippen molar-refractivity contribution in [1.82, 2.24) is 35.0 Å². The highest BCUT2D eigenvalue weighted by molar-refractivity contribution is 6.30. The summed E-state index contributed by atoms with van der Waals surface area (Å²) in [7, 11) is 1.91. The van der Waals surface area contributed by atoms with Crippen molar-refractivity contribution < 1.29 is 14.3 Å². The fourth-order valence-electron chi connectivity index (χ4n) is 5.74. The topological polar surface area (TPSA) is 105 Å². The van der Waals surface area contributed by atoms with Gasteiger partial charge in [-0.1, -0.05) is 23.7 Å². The Balaban J connectivity index is 1.57. The lowest BCUT2D eigenvalue weighted by Crippen LogP contribution is -2.55. The molecule has 1 aliphatic carbocycles. The zero-order valence-corrected chi connectivity index (χ0v) is 26.2. The Kier molecular flexibility index (Phi) is 9.19. The van der Waals surface area contributed by atoms with Crippen LogP contribution in [0.3, 0.4) is 0 Å². The summed E-state index contributed by atoms with van der Waals surface area (Å²) in [5.74, 6) is -0.227. The van der Waals surface area contributed by atoms with Crippen molar-refractivity contribution in [1.29, 1.82) is 0 Å². The number of imidazole rings is 1. The average Bonchev–Trinajstić information content (AvgIpc) is 3.34. The summed E-state index contributed by atoms with van der Waals surface area (Å²) in [6.45, 7) is 10.7. The van der Waals surface area contributed by atoms with Crippen molar-refractivity contribution in [3.63, 3.8) is 0 Å². The number of aromatic nitrogens is 3. The number of urea groups is 1. The van der Waals surface area contributed by atoms with Gasteiger partial charge in [0.1, 0.15) is 6.61 Å². The second-order valence-corrected chi connectivity index (χ2v) is 12.4. The van der Waals surface area contributed by atoms with E-state index in [4.69, 9.17) is 21.3 Å². The quantitative estimate of drug-likeness (QED) is 0.413. The van der Waals surface area contributed by atoms with Gasteiger partial charge in [-0.25, -0.2) is 9.78 Å². The predicted molar refractivity (Wildman–Crippen MR) is 167 cm³/mol. The highest BCUT2D eigenvalue weighted by atomic mass is 35.5. The number of carbonyl (C=O) groups excluding carboxylic acids is 2. The zero-order valence-electron chi connectivity index (χ0n) is 25.4. The Morgan fingerprint density at radius 2 is 1.93 bits per heavy atom. The van der Waals surface area contributed by atoms with Crippen molar-refractivity contribution in [2.24, 2.45) is 7.05 Å². The highest BCUT2D eigenvalue weighted by Crippen LogP contribution is 2.44. The first kappa shape index (κ1) is 30.7. The zero-order chi connectivity index (χ0) is 30.7. The van der Waals surface area contributed by atoms with Gasteiger partial charge in [-0.05, 0) is 74.2 Å². The lowest BCUT2D eigenvalue weighted by molar-refractivity contribution is -0.125. The number of piperazine rings is 1. The smallest absolute Gasteiger partial charge is 0.317 e. The summed E-state index contributed by atoms with van der Waals surface area (Å²) in [6.07, 6.45) is 7.41. The second kappa shape index (κ2) is 12.9. The van der Waals surface area contributed by atoms with E-state index in [-0.39, 0.29) is 30.1 Å². The SMILES string of the molecule is CCOCC(=O)NC(C1=Cc2cccnc2C(N2CCN(C(=O)NC(C)(C)C)CC2)c2ccc(Cl)cc21)c1cncn1C. The van der Waals surface area contributed by atoms with Crippen molar-refractivity contribution in [3.8, 4) is 0 Å². The number of hydrogen-bond donors (Lipinski definition) is 2. The molecule has 0 saturated carbocycles. The second-order valence-electron chi connectivity index (χ2n) is 12.0. The van der Waals surface area contributed by atoms with Gasteiger partial charge in [-0.3, -0.25) is 14.7 Å². The monoisotopic (exact) mass is 605 g/mol. The minimum absolute atomic E-state index is 0.0473. The first-order chi connectivity index (χ1) is 20.6. The molecule has 228 valence electrons. The van der Waals surface area contributed by atoms with E-state index in [2.05, 4.69) is 38.7 Å². The number of ether oxygens (including phenoxy) is 1. The van der Waals surface area contributed by atoms with Crippen LogP contribution in [-0.2, 0) is 16.6 Å². The minimum Gasteiger partial charge on any atom is -0.372 e. The summed E-state index contributed by atoms with van der Waals surface area (Å²) in [4.78, 5) is 39.5. The number of aryl methyl sites for hydroxylation is 1. The van der Waals surface area contributed by atoms with Gasteiger partial charge in [0.25, 0.3) is 0 Å². The van der Waals surface area contributed by atoms with Gasteiger partial charge < -0.3 is 24.8 Å². The van der Waals surface area contributed by atoms with Crippen molar-refractivity contribution >= 4 is 35.2 Å². The molecule has 3 amide bonds. The molecular weight excluding hydrogens is 566 g/mol. The first-order valence-corrected chi connectivity index (χ1v) is 15.0. The van der Waals surface area contributed by atoms with E-state index in [1.54, 1.807) is 12.5 Å². The maximum Gasteiger partial charge on any atom is 0.317 e. The van der Waals surface area contributed by atoms with Gasteiger partial charge in [0.05, 0.1) is 36.0 Å². The van der Waals surface area contributed by atoms with E-state index in [9.17, 15) is 9.59 Å². The molecule has 10 nitrogen and oxygen atoms in total. The van der Waals surface area contributed by atoms with E-state index in [1.165, 1.54) is 0 Å². The molecule has 2 unspecified atom stereocenters. The summed E-state index contributed by atoms with van der Waals surface area (Å²) in [6, 6.07) is 9.14. The molecule has 2 aromatic heterocycles. The third-order valence-corrected chi connectivity index (χ3v) is 7.95. The molecule has 0 bridgehead atoms. The minimum atomic E-state index is -0.526. The molecule has 2 atom stereocenters. The van der Waals surface area contributed by atoms with Crippen LogP contribution in [0.1, 0.15) is 67.9 Å². The van der Waals surface area contributed by atoms with Crippen molar-refractivity contribution in [2.75, 3.05) is 39.4 Å². The maximum absolute atomic E-state index is 13.1. The number of rotatable bonds is 7. The molecule has 5 rings (SSSR count). The molecule has 1 aromatic carbocycles. The number of carbonyl (C=O) groups is 2. The van der Waals surface area contributed by atoms with E-state index in [0.717, 1.165) is 33.7 Å². The van der Waals surface area contributed by atoms with E-state index in [1.807, 2.05) is 68.6 Å². The van der Waals surface area contributed by atoms with Gasteiger partial charge in [-0.2, -0.15) is 0 Å². The van der Waals surface area contributed by atoms with Crippen LogP contribution in [-0.4, -0.2) is 81.2 Å². The van der Waals surface area contributed by atoms with Crippen LogP contribution < -0.4 is 10.6 Å². The van der Waals surface area contributed by atoms with Gasteiger partial charge in [0, 0.05) is 56.6 Å². The molecule has 2 N–H and O–H groups in total. The van der Waals surface area contributed by atoms with E-state index in [0.29, 0.717) is 37.8 Å². The summed E-state index contributed by atoms with van der Waals surface area (Å²) in [5, 5.41) is 6.86. The van der Waals surface area contributed by atoms with Crippen LogP contribution in [0.2, 0.25) is 5.02 Å². The van der Waals surface area contributed by atoms with Crippen LogP contribution in [0.15, 0.2) is 49.1 Å². The number of benzene rings is 1. The standard InChI is InChI=1S/C32H40ClN7O3/c1-6-43-19-27(41)36-29(26-18-34-20-38(26)5)25-16-21-8-7-11-35-28(21)30(23-10-9-22(33)17-24(23)25)39-12-14-40(15-13-39)31(42)37-32(2,3)4/h7-11,16-18,20,29-30H,6,12-15,19H2,1-5H3,(H,36,41)(H,37,42). The molecule has 0 radical (unpaired) electrons. The molecule has 2 aliphatic rings. The number of halogens is 1. The Hall–Kier alpha value is -3.73. The Morgan fingerprint density at radius 1 is 1.16 bits per heavy atom. The fourth-order valence-corrected chi connectivity index (χ4v) is 5.91. The molecule has 3 aromatic rings. The normalized spacial score (nSPS) is 17.8. The summed E-state index contributed by atoms with van der Waals surface area (Å²) in [5.41, 5.74) is 5.22. The number of fused-ring (bicyclic) bond motifs is 2. The predicted octanol–water partition coefficient (Wildman–Crippen LogP) is 4.43. The Bertz CT molecular complexity index is 1500. The van der Waals surface area contributed by atoms with E-state index >= 15 is 0 Å². The first-order valence-electron chi connectivity index (χ1n) is 14.7. The lowest BCUT2D eigenvalue weighted by atomic mass is 9.89. The molecule has 1 aliphatic heterocycles. The van der Waals surface area contributed by atoms with Crippen molar-refractivity contribution in [2.45, 2.75) is 45.3 Å². The van der Waals surface area contributed by atoms with E-state index < -0.39 is 6.04 Å². The highest BCUT2D eigenvalue weighted by Gasteiger charge is 2.36. The third kappa shape index (κ3) is 6.92. The molecule has 43 heavy (non-hydrogen) atoms. The number of pyridine rings is 1. The fraction of sp³-hybridized carbons (Fsp3) is 0.438. The number of nitrogens with one attached hydrogen (secondary N) is 2. The molecule has 11 heteroatoms. The number of amides is 3. The summed E-state index contributed by atoms with van der Waals surface area (Å²) >= 11 is 6.65. The molecule has 3 heterocycles. The van der Waals surface area contributed by atoms with Gasteiger partial charge in [0.2, 0.25) is 5.91 Å². The van der Waals surface area contributed by atoms with Gasteiger partial charge in [-0.15, -0.1) is 0 Å². The Morgan fingerprint density at radius 3 is 2.60 bits per heavy atom. The van der Waals surface area contributed by atoms with Crippen molar-refractivity contribution in [3.05, 3.63) is 82.2 Å². The molecule has 1 saturated heterocycles. The Labute approximate surface area is 258 Å². The van der Waals surface area contributed by atoms with Crippen LogP contribution in [0, 0.1) is 0 Å². The maximum atomic E-state index is 13.1. The summed E-state index contributed by atoms with van der Waals surface area (Å²) < 4.78 is 7.33. The van der Waals surface area contributed by atoms with Crippen LogP contribution in [0.25, 0.3) is 11.6 Å². The third-order valence-electron chi connectivity index (χ3n) is 7.71. The van der Waals surface area contributed by atoms with Gasteiger partial charge in [0.15, 0.2) is 0 Å². The van der Waals surface area contributed by atoms with Crippen LogP contribution in [0.5, 0.6) is 0 Å².